The quantitative estimate of drug-likeness (QED) is 0.591. The molecule has 0 aromatic carbocycles. The fourth-order valence-corrected chi connectivity index (χ4v) is 1.41. The third kappa shape index (κ3) is 8.87. The van der Waals surface area contributed by atoms with Gasteiger partial charge in [0.15, 0.2) is 0 Å². The van der Waals surface area contributed by atoms with Crippen LogP contribution in [0.15, 0.2) is 0 Å². The van der Waals surface area contributed by atoms with Crippen LogP contribution in [0.3, 0.4) is 0 Å². The number of amides is 3. The molecule has 3 amide bonds. The van der Waals surface area contributed by atoms with Gasteiger partial charge in [-0.25, -0.2) is 4.79 Å². The van der Waals surface area contributed by atoms with Crippen molar-refractivity contribution in [3.63, 3.8) is 0 Å². The molecule has 0 rings (SSSR count). The first-order valence-corrected chi connectivity index (χ1v) is 6.34. The average Bonchev–Trinajstić information content (AvgIpc) is 2.33. The monoisotopic (exact) mass is 273 g/mol. The van der Waals surface area contributed by atoms with Gasteiger partial charge in [-0.1, -0.05) is 6.92 Å². The molecule has 0 aliphatic heterocycles. The van der Waals surface area contributed by atoms with Crippen LogP contribution < -0.4 is 10.6 Å². The number of aliphatic carboxylic acids is 1. The fourth-order valence-electron chi connectivity index (χ4n) is 1.41. The number of nitrogens with zero attached hydrogens (tertiary/aromatic N) is 1. The molecule has 7 nitrogen and oxygen atoms in total. The number of hydrogen-bond donors (Lipinski definition) is 3. The highest BCUT2D eigenvalue weighted by Crippen LogP contribution is 2.03. The minimum Gasteiger partial charge on any atom is -0.481 e. The lowest BCUT2D eigenvalue weighted by atomic mass is 10.1. The average molecular weight is 273 g/mol. The van der Waals surface area contributed by atoms with E-state index in [1.807, 2.05) is 13.8 Å². The Hall–Kier alpha value is -1.79. The number of carboxylic acids is 1. The van der Waals surface area contributed by atoms with Crippen LogP contribution in [0.5, 0.6) is 0 Å². The Morgan fingerprint density at radius 1 is 1.26 bits per heavy atom. The number of carbonyl (C=O) groups is 3. The van der Waals surface area contributed by atoms with Crippen molar-refractivity contribution in [3.8, 4) is 0 Å². The molecule has 7 heteroatoms. The van der Waals surface area contributed by atoms with Crippen molar-refractivity contribution in [2.45, 2.75) is 26.7 Å². The van der Waals surface area contributed by atoms with Crippen LogP contribution in [-0.2, 0) is 9.59 Å². The first-order valence-electron chi connectivity index (χ1n) is 6.34. The Labute approximate surface area is 113 Å². The van der Waals surface area contributed by atoms with Gasteiger partial charge in [-0.2, -0.15) is 0 Å². The van der Waals surface area contributed by atoms with Crippen molar-refractivity contribution >= 4 is 17.9 Å². The molecule has 19 heavy (non-hydrogen) atoms. The summed E-state index contributed by atoms with van der Waals surface area (Å²) in [5.41, 5.74) is 0. The van der Waals surface area contributed by atoms with Crippen molar-refractivity contribution in [1.29, 1.82) is 0 Å². The van der Waals surface area contributed by atoms with Crippen LogP contribution >= 0.6 is 0 Å². The number of carboxylic acid groups (broad SMARTS) is 1. The minimum absolute atomic E-state index is 0.00315. The maximum absolute atomic E-state index is 11.6. The second-order valence-corrected chi connectivity index (χ2v) is 4.53. The van der Waals surface area contributed by atoms with Crippen LogP contribution in [-0.4, -0.2) is 54.6 Å². The maximum Gasteiger partial charge on any atom is 0.317 e. The largest absolute Gasteiger partial charge is 0.481 e. The highest BCUT2D eigenvalue weighted by molar-refractivity contribution is 5.83. The summed E-state index contributed by atoms with van der Waals surface area (Å²) in [7, 11) is 1.53. The van der Waals surface area contributed by atoms with Gasteiger partial charge in [0.1, 0.15) is 6.54 Å². The molecular formula is C12H23N3O4. The van der Waals surface area contributed by atoms with E-state index in [2.05, 4.69) is 10.6 Å². The normalized spacial score (nSPS) is 11.5. The predicted molar refractivity (Wildman–Crippen MR) is 70.7 cm³/mol. The van der Waals surface area contributed by atoms with Crippen LogP contribution in [0.4, 0.5) is 4.79 Å². The van der Waals surface area contributed by atoms with Gasteiger partial charge in [0.05, 0.1) is 0 Å². The molecule has 0 radical (unpaired) electrons. The third-order valence-electron chi connectivity index (χ3n) is 2.55. The van der Waals surface area contributed by atoms with Gasteiger partial charge >= 0.3 is 12.0 Å². The van der Waals surface area contributed by atoms with E-state index in [0.717, 1.165) is 0 Å². The number of hydrogen-bond acceptors (Lipinski definition) is 3. The number of carbonyl (C=O) groups excluding carboxylic acids is 2. The first kappa shape index (κ1) is 17.2. The summed E-state index contributed by atoms with van der Waals surface area (Å²) in [6.07, 6.45) is 0.599. The number of urea groups is 1. The summed E-state index contributed by atoms with van der Waals surface area (Å²) >= 11 is 0. The molecule has 0 saturated carbocycles. The molecule has 0 fully saturated rings. The molecule has 0 aromatic rings. The maximum atomic E-state index is 11.6. The molecule has 0 aliphatic rings. The van der Waals surface area contributed by atoms with Crippen molar-refractivity contribution < 1.29 is 19.5 Å². The molecule has 0 saturated heterocycles. The summed E-state index contributed by atoms with van der Waals surface area (Å²) in [6.45, 7) is 4.60. The third-order valence-corrected chi connectivity index (χ3v) is 2.55. The van der Waals surface area contributed by atoms with Gasteiger partial charge in [0.2, 0.25) is 5.91 Å². The SMILES string of the molecule is CCNC(=O)CN(C)C(=O)NCC(C)CCC(=O)O. The van der Waals surface area contributed by atoms with E-state index in [1.165, 1.54) is 11.9 Å². The second kappa shape index (κ2) is 9.18. The Bertz CT molecular complexity index is 320. The number of nitrogens with one attached hydrogen (secondary N) is 2. The molecule has 3 N–H and O–H groups in total. The molecule has 0 bridgehead atoms. The van der Waals surface area contributed by atoms with Crippen molar-refractivity contribution in [3.05, 3.63) is 0 Å². The second-order valence-electron chi connectivity index (χ2n) is 4.53. The van der Waals surface area contributed by atoms with E-state index < -0.39 is 5.97 Å². The van der Waals surface area contributed by atoms with Crippen LogP contribution in [0.1, 0.15) is 26.7 Å². The lowest BCUT2D eigenvalue weighted by molar-refractivity contribution is -0.137. The summed E-state index contributed by atoms with van der Waals surface area (Å²) in [4.78, 5) is 34.6. The van der Waals surface area contributed by atoms with Gasteiger partial charge in [0, 0.05) is 26.6 Å². The number of likely N-dealkylation sites (N-methyl/N-ethyl adjacent to an activating group) is 2. The Morgan fingerprint density at radius 2 is 1.89 bits per heavy atom. The van der Waals surface area contributed by atoms with E-state index in [-0.39, 0.29) is 30.8 Å². The zero-order valence-electron chi connectivity index (χ0n) is 11.7. The predicted octanol–water partition coefficient (Wildman–Crippen LogP) is 0.265. The molecule has 0 heterocycles. The lowest BCUT2D eigenvalue weighted by Crippen LogP contribution is -2.44. The van der Waals surface area contributed by atoms with Gasteiger partial charge in [-0.3, -0.25) is 9.59 Å². The zero-order chi connectivity index (χ0) is 14.8. The van der Waals surface area contributed by atoms with Gasteiger partial charge in [0.25, 0.3) is 0 Å². The standard InChI is InChI=1S/C12H23N3O4/c1-4-13-10(16)8-15(3)12(19)14-7-9(2)5-6-11(17)18/h9H,4-8H2,1-3H3,(H,13,16)(H,14,19)(H,17,18). The zero-order valence-corrected chi connectivity index (χ0v) is 11.7. The molecule has 110 valence electrons. The van der Waals surface area contributed by atoms with E-state index in [1.54, 1.807) is 0 Å². The van der Waals surface area contributed by atoms with Crippen LogP contribution in [0.2, 0.25) is 0 Å². The van der Waals surface area contributed by atoms with Crippen molar-refractivity contribution in [1.82, 2.24) is 15.5 Å². The smallest absolute Gasteiger partial charge is 0.317 e. The van der Waals surface area contributed by atoms with Gasteiger partial charge < -0.3 is 20.6 Å². The molecule has 1 atom stereocenters. The van der Waals surface area contributed by atoms with E-state index in [0.29, 0.717) is 19.5 Å². The van der Waals surface area contributed by atoms with Gasteiger partial charge in [-0.05, 0) is 19.3 Å². The topological polar surface area (TPSA) is 98.7 Å². The van der Waals surface area contributed by atoms with Crippen molar-refractivity contribution in [2.75, 3.05) is 26.7 Å². The summed E-state index contributed by atoms with van der Waals surface area (Å²) in [6, 6.07) is -0.339. The molecular weight excluding hydrogens is 250 g/mol. The highest BCUT2D eigenvalue weighted by atomic mass is 16.4. The summed E-state index contributed by atoms with van der Waals surface area (Å²) in [5.74, 6) is -0.969. The van der Waals surface area contributed by atoms with E-state index >= 15 is 0 Å². The fraction of sp³-hybridized carbons (Fsp3) is 0.750. The Balaban J connectivity index is 3.89. The Kier molecular flexibility index (Phi) is 8.32. The molecule has 1 unspecified atom stereocenters. The van der Waals surface area contributed by atoms with Crippen molar-refractivity contribution in [2.24, 2.45) is 5.92 Å². The minimum atomic E-state index is -0.841. The number of rotatable bonds is 8. The molecule has 0 aliphatic carbocycles. The lowest BCUT2D eigenvalue weighted by Gasteiger charge is -2.19. The summed E-state index contributed by atoms with van der Waals surface area (Å²) < 4.78 is 0. The van der Waals surface area contributed by atoms with Crippen LogP contribution in [0.25, 0.3) is 0 Å². The van der Waals surface area contributed by atoms with E-state index in [9.17, 15) is 14.4 Å². The molecule has 0 aromatic heterocycles. The molecule has 0 spiro atoms. The highest BCUT2D eigenvalue weighted by Gasteiger charge is 2.13. The van der Waals surface area contributed by atoms with E-state index in [4.69, 9.17) is 5.11 Å². The summed E-state index contributed by atoms with van der Waals surface area (Å²) in [5, 5.41) is 13.8. The van der Waals surface area contributed by atoms with Gasteiger partial charge in [-0.15, -0.1) is 0 Å². The first-order chi connectivity index (χ1) is 8.86. The Morgan fingerprint density at radius 3 is 2.42 bits per heavy atom. The van der Waals surface area contributed by atoms with Crippen LogP contribution in [0, 0.1) is 5.92 Å².